The van der Waals surface area contributed by atoms with E-state index in [9.17, 15) is 10.1 Å². The van der Waals surface area contributed by atoms with Crippen molar-refractivity contribution in [1.82, 2.24) is 30.0 Å². The molecule has 34 heavy (non-hydrogen) atoms. The summed E-state index contributed by atoms with van der Waals surface area (Å²) in [6.07, 6.45) is 4.00. The van der Waals surface area contributed by atoms with Gasteiger partial charge in [-0.3, -0.25) is 9.67 Å². The largest absolute Gasteiger partial charge is 0.383 e. The quantitative estimate of drug-likeness (QED) is 0.615. The highest BCUT2D eigenvalue weighted by Crippen LogP contribution is 2.40. The summed E-state index contributed by atoms with van der Waals surface area (Å²) >= 11 is 0. The molecule has 0 radical (unpaired) electrons. The zero-order chi connectivity index (χ0) is 23.9. The van der Waals surface area contributed by atoms with Gasteiger partial charge < -0.3 is 20.7 Å². The topological polar surface area (TPSA) is 135 Å². The smallest absolute Gasteiger partial charge is 0.318 e. The van der Waals surface area contributed by atoms with Gasteiger partial charge in [-0.25, -0.2) is 9.78 Å². The molecule has 0 bridgehead atoms. The van der Waals surface area contributed by atoms with Crippen LogP contribution >= 0.6 is 0 Å². The van der Waals surface area contributed by atoms with E-state index in [4.69, 9.17) is 15.6 Å². The normalized spacial score (nSPS) is 19.6. The SMILES string of the molecule is CC(C)(NC(=O)N1CCC2(C1)OCCn1nc(-c3cnc(N)c(C#N)c3)cc12)c1ccccn1. The van der Waals surface area contributed by atoms with Crippen LogP contribution in [-0.2, 0) is 22.4 Å². The number of ether oxygens (including phenoxy) is 1. The Morgan fingerprint density at radius 2 is 2.15 bits per heavy atom. The number of nitrogen functional groups attached to an aromatic ring is 1. The van der Waals surface area contributed by atoms with E-state index < -0.39 is 11.1 Å². The average Bonchev–Trinajstić information content (AvgIpc) is 3.46. The third kappa shape index (κ3) is 3.74. The van der Waals surface area contributed by atoms with Crippen molar-refractivity contribution in [3.8, 4) is 17.3 Å². The number of nitrogens with zero attached hydrogens (tertiary/aromatic N) is 6. The molecule has 0 aliphatic carbocycles. The summed E-state index contributed by atoms with van der Waals surface area (Å²) in [7, 11) is 0. The lowest BCUT2D eigenvalue weighted by Crippen LogP contribution is -2.49. The van der Waals surface area contributed by atoms with E-state index in [1.54, 1.807) is 23.4 Å². The maximum absolute atomic E-state index is 13.2. The fourth-order valence-corrected chi connectivity index (χ4v) is 4.63. The second kappa shape index (κ2) is 8.11. The molecule has 3 aromatic rings. The van der Waals surface area contributed by atoms with Gasteiger partial charge in [0.2, 0.25) is 0 Å². The zero-order valence-electron chi connectivity index (χ0n) is 19.2. The standard InChI is InChI=1S/C24H26N8O2/c1-23(2,19-5-3-4-7-27-19)29-22(33)31-8-6-24(15-31)20-12-18(30-32(20)9-10-34-24)17-11-16(13-25)21(26)28-14-17/h3-5,7,11-12,14H,6,8-10,15H2,1-2H3,(H2,26,28)(H,29,33). The molecule has 1 atom stereocenters. The molecule has 2 amide bonds. The van der Waals surface area contributed by atoms with Crippen LogP contribution in [0, 0.1) is 11.3 Å². The summed E-state index contributed by atoms with van der Waals surface area (Å²) < 4.78 is 8.21. The zero-order valence-corrected chi connectivity index (χ0v) is 19.2. The molecule has 1 fully saturated rings. The average molecular weight is 459 g/mol. The van der Waals surface area contributed by atoms with Gasteiger partial charge in [-0.1, -0.05) is 6.07 Å². The number of likely N-dealkylation sites (tertiary alicyclic amines) is 1. The monoisotopic (exact) mass is 458 g/mol. The number of amides is 2. The van der Waals surface area contributed by atoms with E-state index in [0.29, 0.717) is 49.5 Å². The first-order valence-corrected chi connectivity index (χ1v) is 11.2. The van der Waals surface area contributed by atoms with Crippen molar-refractivity contribution < 1.29 is 9.53 Å². The number of carbonyl (C=O) groups is 1. The van der Waals surface area contributed by atoms with Crippen molar-refractivity contribution in [1.29, 1.82) is 5.26 Å². The van der Waals surface area contributed by atoms with Gasteiger partial charge in [0.1, 0.15) is 17.5 Å². The molecule has 1 unspecified atom stereocenters. The number of pyridine rings is 2. The molecule has 10 heteroatoms. The van der Waals surface area contributed by atoms with Gasteiger partial charge in [0.15, 0.2) is 0 Å². The Hall–Kier alpha value is -3.97. The lowest BCUT2D eigenvalue weighted by Gasteiger charge is -2.34. The summed E-state index contributed by atoms with van der Waals surface area (Å²) in [4.78, 5) is 23.5. The number of aromatic nitrogens is 4. The first-order valence-electron chi connectivity index (χ1n) is 11.2. The Morgan fingerprint density at radius 3 is 2.91 bits per heavy atom. The molecule has 0 saturated carbocycles. The Kier molecular flexibility index (Phi) is 5.21. The van der Waals surface area contributed by atoms with Crippen LogP contribution in [0.1, 0.15) is 37.2 Å². The molecule has 2 aliphatic rings. The maximum atomic E-state index is 13.2. The van der Waals surface area contributed by atoms with Crippen LogP contribution in [0.15, 0.2) is 42.7 Å². The molecule has 5 heterocycles. The number of urea groups is 1. The molecule has 3 aromatic heterocycles. The van der Waals surface area contributed by atoms with Gasteiger partial charge >= 0.3 is 6.03 Å². The number of hydrogen-bond donors (Lipinski definition) is 2. The van der Waals surface area contributed by atoms with Crippen molar-refractivity contribution in [3.63, 3.8) is 0 Å². The Labute approximate surface area is 197 Å². The summed E-state index contributed by atoms with van der Waals surface area (Å²) in [5.74, 6) is 0.195. The third-order valence-electron chi connectivity index (χ3n) is 6.51. The number of fused-ring (bicyclic) bond motifs is 2. The van der Waals surface area contributed by atoms with Gasteiger partial charge in [0.05, 0.1) is 47.9 Å². The van der Waals surface area contributed by atoms with E-state index in [1.807, 2.05) is 42.8 Å². The number of hydrogen-bond acceptors (Lipinski definition) is 7. The summed E-state index contributed by atoms with van der Waals surface area (Å²) in [5.41, 5.74) is 7.96. The van der Waals surface area contributed by atoms with Crippen LogP contribution in [0.25, 0.3) is 11.3 Å². The Morgan fingerprint density at radius 1 is 1.29 bits per heavy atom. The summed E-state index contributed by atoms with van der Waals surface area (Å²) in [6, 6.07) is 11.2. The van der Waals surface area contributed by atoms with Crippen LogP contribution in [0.2, 0.25) is 0 Å². The van der Waals surface area contributed by atoms with E-state index in [-0.39, 0.29) is 11.8 Å². The summed E-state index contributed by atoms with van der Waals surface area (Å²) in [5, 5.41) is 17.1. The predicted octanol–water partition coefficient (Wildman–Crippen LogP) is 2.37. The minimum atomic E-state index is -0.630. The lowest BCUT2D eigenvalue weighted by atomic mass is 9.96. The number of nitrogens with two attached hydrogens (primary N) is 1. The van der Waals surface area contributed by atoms with Gasteiger partial charge in [0, 0.05) is 30.9 Å². The number of nitriles is 1. The first kappa shape index (κ1) is 21.9. The van der Waals surface area contributed by atoms with Crippen molar-refractivity contribution >= 4 is 11.8 Å². The highest BCUT2D eigenvalue weighted by Gasteiger charge is 2.47. The fraction of sp³-hybridized carbons (Fsp3) is 0.375. The van der Waals surface area contributed by atoms with Gasteiger partial charge in [0.25, 0.3) is 0 Å². The second-order valence-corrected chi connectivity index (χ2v) is 9.19. The van der Waals surface area contributed by atoms with Crippen LogP contribution < -0.4 is 11.1 Å². The molecule has 10 nitrogen and oxygen atoms in total. The molecule has 2 aliphatic heterocycles. The highest BCUT2D eigenvalue weighted by molar-refractivity contribution is 5.76. The summed E-state index contributed by atoms with van der Waals surface area (Å²) in [6.45, 7) is 5.98. The van der Waals surface area contributed by atoms with Crippen LogP contribution in [0.3, 0.4) is 0 Å². The van der Waals surface area contributed by atoms with Gasteiger partial charge in [-0.05, 0) is 38.1 Å². The Balaban J connectivity index is 1.38. The van der Waals surface area contributed by atoms with E-state index in [1.165, 1.54) is 0 Å². The Bertz CT molecular complexity index is 1280. The maximum Gasteiger partial charge on any atom is 0.318 e. The molecular weight excluding hydrogens is 432 g/mol. The second-order valence-electron chi connectivity index (χ2n) is 9.19. The molecule has 1 spiro atoms. The molecule has 3 N–H and O–H groups in total. The van der Waals surface area contributed by atoms with Crippen molar-refractivity contribution in [2.24, 2.45) is 0 Å². The molecular formula is C24H26N8O2. The molecule has 5 rings (SSSR count). The molecule has 1 saturated heterocycles. The van der Waals surface area contributed by atoms with Crippen LogP contribution in [-0.4, -0.2) is 50.4 Å². The van der Waals surface area contributed by atoms with E-state index in [2.05, 4.69) is 21.4 Å². The first-order chi connectivity index (χ1) is 16.3. The van der Waals surface area contributed by atoms with Gasteiger partial charge in [-0.2, -0.15) is 10.4 Å². The third-order valence-corrected chi connectivity index (χ3v) is 6.51. The molecule has 174 valence electrons. The number of anilines is 1. The van der Waals surface area contributed by atoms with Crippen LogP contribution in [0.4, 0.5) is 10.6 Å². The van der Waals surface area contributed by atoms with Crippen molar-refractivity contribution in [3.05, 3.63) is 59.7 Å². The van der Waals surface area contributed by atoms with Gasteiger partial charge in [-0.15, -0.1) is 0 Å². The number of carbonyl (C=O) groups excluding carboxylic acids is 1. The minimum absolute atomic E-state index is 0.158. The molecule has 0 aromatic carbocycles. The lowest BCUT2D eigenvalue weighted by molar-refractivity contribution is -0.0702. The van der Waals surface area contributed by atoms with Crippen molar-refractivity contribution in [2.45, 2.75) is 38.0 Å². The fourth-order valence-electron chi connectivity index (χ4n) is 4.63. The van der Waals surface area contributed by atoms with Crippen LogP contribution in [0.5, 0.6) is 0 Å². The van der Waals surface area contributed by atoms with E-state index >= 15 is 0 Å². The van der Waals surface area contributed by atoms with Crippen molar-refractivity contribution in [2.75, 3.05) is 25.4 Å². The number of nitrogens with one attached hydrogen (secondary N) is 1. The highest BCUT2D eigenvalue weighted by atomic mass is 16.5. The number of rotatable bonds is 3. The minimum Gasteiger partial charge on any atom is -0.383 e. The van der Waals surface area contributed by atoms with E-state index in [0.717, 1.165) is 11.4 Å². The predicted molar refractivity (Wildman–Crippen MR) is 124 cm³/mol.